The topological polar surface area (TPSA) is 43.6 Å². The predicted molar refractivity (Wildman–Crippen MR) is 77.8 cm³/mol. The summed E-state index contributed by atoms with van der Waals surface area (Å²) in [6, 6.07) is 10.3. The normalized spacial score (nSPS) is 20.6. The molecule has 0 spiro atoms. The van der Waals surface area contributed by atoms with Gasteiger partial charge in [-0.15, -0.1) is 0 Å². The first-order chi connectivity index (χ1) is 9.86. The lowest BCUT2D eigenvalue weighted by molar-refractivity contribution is 0.0272. The van der Waals surface area contributed by atoms with Gasteiger partial charge in [0, 0.05) is 12.0 Å². The van der Waals surface area contributed by atoms with Crippen LogP contribution in [0.2, 0.25) is 0 Å². The maximum atomic E-state index is 5.92. The number of nitrogens with one attached hydrogen (secondary N) is 1. The minimum absolute atomic E-state index is 0.0907. The molecule has 2 heterocycles. The third kappa shape index (κ3) is 3.03. The lowest BCUT2D eigenvalue weighted by Gasteiger charge is -2.18. The molecule has 1 saturated heterocycles. The lowest BCUT2D eigenvalue weighted by Crippen LogP contribution is -2.27. The summed E-state index contributed by atoms with van der Waals surface area (Å²) in [4.78, 5) is 0. The summed E-state index contributed by atoms with van der Waals surface area (Å²) >= 11 is 0. The van der Waals surface area contributed by atoms with Gasteiger partial charge in [0.25, 0.3) is 0 Å². The molecular formula is C16H21NO3. The summed E-state index contributed by atoms with van der Waals surface area (Å²) in [6.45, 7) is 5.10. The van der Waals surface area contributed by atoms with Crippen LogP contribution in [0.15, 0.2) is 34.7 Å². The number of para-hydroxylation sites is 1. The Morgan fingerprint density at radius 3 is 3.05 bits per heavy atom. The zero-order valence-corrected chi connectivity index (χ0v) is 11.8. The van der Waals surface area contributed by atoms with Crippen LogP contribution in [0.25, 0.3) is 11.0 Å². The molecule has 0 radical (unpaired) electrons. The van der Waals surface area contributed by atoms with E-state index in [0.29, 0.717) is 13.2 Å². The molecule has 2 unspecified atom stereocenters. The van der Waals surface area contributed by atoms with Crippen LogP contribution in [0.3, 0.4) is 0 Å². The van der Waals surface area contributed by atoms with E-state index in [2.05, 4.69) is 24.4 Å². The van der Waals surface area contributed by atoms with Crippen LogP contribution in [0.5, 0.6) is 0 Å². The number of rotatable bonds is 6. The van der Waals surface area contributed by atoms with Gasteiger partial charge in [0.2, 0.25) is 0 Å². The molecule has 2 atom stereocenters. The molecule has 108 valence electrons. The van der Waals surface area contributed by atoms with Gasteiger partial charge in [-0.3, -0.25) is 0 Å². The zero-order chi connectivity index (χ0) is 13.8. The van der Waals surface area contributed by atoms with Crippen molar-refractivity contribution in [3.8, 4) is 0 Å². The summed E-state index contributed by atoms with van der Waals surface area (Å²) in [6.07, 6.45) is 1.21. The lowest BCUT2D eigenvalue weighted by atomic mass is 10.2. The van der Waals surface area contributed by atoms with Gasteiger partial charge in [-0.05, 0) is 25.1 Å². The van der Waals surface area contributed by atoms with E-state index in [0.717, 1.165) is 36.3 Å². The van der Waals surface area contributed by atoms with Crippen LogP contribution in [0.4, 0.5) is 0 Å². The summed E-state index contributed by atoms with van der Waals surface area (Å²) in [5.41, 5.74) is 0.926. The highest BCUT2D eigenvalue weighted by Gasteiger charge is 2.21. The minimum atomic E-state index is 0.0907. The van der Waals surface area contributed by atoms with E-state index in [1.807, 2.05) is 18.2 Å². The van der Waals surface area contributed by atoms with Crippen LogP contribution in [-0.4, -0.2) is 32.5 Å². The molecule has 1 aromatic heterocycles. The quantitative estimate of drug-likeness (QED) is 0.880. The second-order valence-corrected chi connectivity index (χ2v) is 5.12. The third-order valence-electron chi connectivity index (χ3n) is 3.63. The Bertz CT molecular complexity index is 512. The van der Waals surface area contributed by atoms with Crippen molar-refractivity contribution in [2.24, 2.45) is 0 Å². The molecule has 3 rings (SSSR count). The fourth-order valence-corrected chi connectivity index (χ4v) is 2.54. The van der Waals surface area contributed by atoms with Gasteiger partial charge in [-0.25, -0.2) is 0 Å². The first kappa shape index (κ1) is 13.6. The molecule has 0 amide bonds. The molecule has 1 N–H and O–H groups in total. The highest BCUT2D eigenvalue weighted by molar-refractivity contribution is 5.77. The van der Waals surface area contributed by atoms with E-state index in [1.54, 1.807) is 0 Å². The number of likely N-dealkylation sites (N-methyl/N-ethyl adjacent to an activating group) is 1. The van der Waals surface area contributed by atoms with Gasteiger partial charge >= 0.3 is 0 Å². The van der Waals surface area contributed by atoms with Crippen molar-refractivity contribution >= 4 is 11.0 Å². The Morgan fingerprint density at radius 2 is 2.30 bits per heavy atom. The van der Waals surface area contributed by atoms with Gasteiger partial charge in [0.1, 0.15) is 11.3 Å². The molecule has 1 fully saturated rings. The maximum Gasteiger partial charge on any atom is 0.134 e. The van der Waals surface area contributed by atoms with Gasteiger partial charge in [0.05, 0.1) is 25.4 Å². The van der Waals surface area contributed by atoms with Crippen molar-refractivity contribution < 1.29 is 13.9 Å². The van der Waals surface area contributed by atoms with Crippen LogP contribution >= 0.6 is 0 Å². The van der Waals surface area contributed by atoms with E-state index >= 15 is 0 Å². The highest BCUT2D eigenvalue weighted by Crippen LogP contribution is 2.24. The summed E-state index contributed by atoms with van der Waals surface area (Å²) in [5.74, 6) is 0.937. The zero-order valence-electron chi connectivity index (χ0n) is 11.8. The van der Waals surface area contributed by atoms with Crippen LogP contribution in [0, 0.1) is 0 Å². The second kappa shape index (κ2) is 6.39. The maximum absolute atomic E-state index is 5.92. The minimum Gasteiger partial charge on any atom is -0.459 e. The van der Waals surface area contributed by atoms with Crippen molar-refractivity contribution in [3.05, 3.63) is 36.1 Å². The molecule has 1 aliphatic heterocycles. The summed E-state index contributed by atoms with van der Waals surface area (Å²) in [5, 5.41) is 4.56. The van der Waals surface area contributed by atoms with Crippen molar-refractivity contribution in [3.63, 3.8) is 0 Å². The van der Waals surface area contributed by atoms with Gasteiger partial charge in [-0.2, -0.15) is 0 Å². The fraction of sp³-hybridized carbons (Fsp3) is 0.500. The molecule has 1 aromatic carbocycles. The number of ether oxygens (including phenoxy) is 2. The van der Waals surface area contributed by atoms with Gasteiger partial charge < -0.3 is 19.2 Å². The Morgan fingerprint density at radius 1 is 1.40 bits per heavy atom. The molecule has 0 saturated carbocycles. The van der Waals surface area contributed by atoms with Gasteiger partial charge in [-0.1, -0.05) is 25.1 Å². The van der Waals surface area contributed by atoms with Gasteiger partial charge in [0.15, 0.2) is 0 Å². The molecule has 20 heavy (non-hydrogen) atoms. The Kier molecular flexibility index (Phi) is 4.35. The van der Waals surface area contributed by atoms with Crippen molar-refractivity contribution in [2.75, 3.05) is 26.4 Å². The third-order valence-corrected chi connectivity index (χ3v) is 3.63. The average Bonchev–Trinajstić information content (AvgIpc) is 3.12. The standard InChI is InChI=1S/C16H21NO3/c1-2-17-14(11-19-13-7-8-18-10-13)16-9-12-5-3-4-6-15(12)20-16/h3-6,9,13-14,17H,2,7-8,10-11H2,1H3. The number of hydrogen-bond donors (Lipinski definition) is 1. The first-order valence-electron chi connectivity index (χ1n) is 7.28. The molecule has 0 bridgehead atoms. The summed E-state index contributed by atoms with van der Waals surface area (Å²) < 4.78 is 17.2. The predicted octanol–water partition coefficient (Wildman–Crippen LogP) is 2.89. The smallest absolute Gasteiger partial charge is 0.134 e. The van der Waals surface area contributed by atoms with Crippen LogP contribution in [0.1, 0.15) is 25.1 Å². The molecule has 0 aliphatic carbocycles. The van der Waals surface area contributed by atoms with E-state index < -0.39 is 0 Å². The SMILES string of the molecule is CCNC(COC1CCOC1)c1cc2ccccc2o1. The second-order valence-electron chi connectivity index (χ2n) is 5.12. The highest BCUT2D eigenvalue weighted by atomic mass is 16.5. The molecule has 2 aromatic rings. The molecular weight excluding hydrogens is 254 g/mol. The first-order valence-corrected chi connectivity index (χ1v) is 7.28. The Labute approximate surface area is 119 Å². The van der Waals surface area contributed by atoms with E-state index in [4.69, 9.17) is 13.9 Å². The molecule has 4 heteroatoms. The van der Waals surface area contributed by atoms with Crippen molar-refractivity contribution in [1.29, 1.82) is 0 Å². The van der Waals surface area contributed by atoms with E-state index in [9.17, 15) is 0 Å². The van der Waals surface area contributed by atoms with E-state index in [1.165, 1.54) is 0 Å². The van der Waals surface area contributed by atoms with Crippen molar-refractivity contribution in [1.82, 2.24) is 5.32 Å². The average molecular weight is 275 g/mol. The number of benzene rings is 1. The van der Waals surface area contributed by atoms with E-state index in [-0.39, 0.29) is 12.1 Å². The Hall–Kier alpha value is -1.36. The number of hydrogen-bond acceptors (Lipinski definition) is 4. The van der Waals surface area contributed by atoms with Crippen molar-refractivity contribution in [2.45, 2.75) is 25.5 Å². The number of furan rings is 1. The molecule has 1 aliphatic rings. The largest absolute Gasteiger partial charge is 0.459 e. The molecule has 4 nitrogen and oxygen atoms in total. The monoisotopic (exact) mass is 275 g/mol. The Balaban J connectivity index is 1.71. The fourth-order valence-electron chi connectivity index (χ4n) is 2.54. The number of fused-ring (bicyclic) bond motifs is 1. The van der Waals surface area contributed by atoms with Crippen LogP contribution in [-0.2, 0) is 9.47 Å². The summed E-state index contributed by atoms with van der Waals surface area (Å²) in [7, 11) is 0. The van der Waals surface area contributed by atoms with Crippen LogP contribution < -0.4 is 5.32 Å².